The molecule has 0 aliphatic carbocycles. The second kappa shape index (κ2) is 16.4. The average Bonchev–Trinajstić information content (AvgIpc) is 2.89. The minimum Gasteiger partial charge on any atom is -0.380 e. The lowest BCUT2D eigenvalue weighted by molar-refractivity contribution is -0.107. The van der Waals surface area contributed by atoms with E-state index in [1.807, 2.05) is 37.4 Å². The molecule has 0 fully saturated rings. The Morgan fingerprint density at radius 1 is 1.00 bits per heavy atom. The summed E-state index contributed by atoms with van der Waals surface area (Å²) in [5.74, 6) is 0.535. The van der Waals surface area contributed by atoms with Crippen LogP contribution in [0, 0.1) is 0 Å². The number of hydrogen-bond donors (Lipinski definition) is 2. The molecule has 3 N–H and O–H groups in total. The van der Waals surface area contributed by atoms with Gasteiger partial charge in [-0.1, -0.05) is 37.5 Å². The minimum absolute atomic E-state index is 0.0863. The van der Waals surface area contributed by atoms with Crippen molar-refractivity contribution >= 4 is 45.5 Å². The number of nitrogens with one attached hydrogen (secondary N) is 1. The van der Waals surface area contributed by atoms with Gasteiger partial charge < -0.3 is 15.0 Å². The van der Waals surface area contributed by atoms with Crippen LogP contribution in [0.25, 0.3) is 0 Å². The number of carbonyl (C=O) groups is 1. The van der Waals surface area contributed by atoms with Gasteiger partial charge in [-0.3, -0.25) is 5.14 Å². The number of nitrogens with zero attached hydrogens (tertiary/aromatic N) is 1. The number of halogens is 3. The molecule has 2 aromatic rings. The van der Waals surface area contributed by atoms with Gasteiger partial charge in [0.2, 0.25) is 0 Å². The van der Waals surface area contributed by atoms with Crippen molar-refractivity contribution in [2.45, 2.75) is 71.2 Å². The summed E-state index contributed by atoms with van der Waals surface area (Å²) in [6.07, 6.45) is 7.27. The predicted molar refractivity (Wildman–Crippen MR) is 150 cm³/mol. The fourth-order valence-corrected chi connectivity index (χ4v) is 6.15. The summed E-state index contributed by atoms with van der Waals surface area (Å²) in [7, 11) is -3.57. The zero-order valence-corrected chi connectivity index (χ0v) is 23.9. The number of carbonyl (C=O) groups excluding carboxylic acids is 1. The molecule has 0 amide bonds. The second-order valence-corrected chi connectivity index (χ2v) is 12.7. The lowest BCUT2D eigenvalue weighted by Gasteiger charge is -2.25. The van der Waals surface area contributed by atoms with Crippen LogP contribution in [0.2, 0.25) is 0 Å². The average molecular weight is 592 g/mol. The summed E-state index contributed by atoms with van der Waals surface area (Å²) in [5, 5.41) is 8.59. The molecule has 0 aliphatic rings. The van der Waals surface area contributed by atoms with Gasteiger partial charge in [-0.25, -0.2) is 8.42 Å². The first kappa shape index (κ1) is 32.5. The molecule has 1 unspecified atom stereocenters. The van der Waals surface area contributed by atoms with Crippen molar-refractivity contribution in [2.75, 3.05) is 31.2 Å². The molecule has 0 spiro atoms. The van der Waals surface area contributed by atoms with Gasteiger partial charge in [-0.2, -0.15) is 13.2 Å². The minimum atomic E-state index is -5.58. The van der Waals surface area contributed by atoms with Gasteiger partial charge in [0, 0.05) is 28.0 Å². The Kier molecular flexibility index (Phi) is 14.0. The number of benzene rings is 2. The number of anilines is 1. The number of alkyl halides is 3. The topological polar surface area (TPSA) is 92.5 Å². The maximum Gasteiger partial charge on any atom is 0.501 e. The molecule has 2 aromatic carbocycles. The molecule has 2 rings (SSSR count). The molecule has 0 bridgehead atoms. The van der Waals surface area contributed by atoms with Crippen LogP contribution in [-0.4, -0.2) is 57.0 Å². The van der Waals surface area contributed by atoms with Gasteiger partial charge in [0.25, 0.3) is 9.84 Å². The van der Waals surface area contributed by atoms with Crippen LogP contribution in [0.4, 0.5) is 18.9 Å². The molecule has 12 heteroatoms. The molecule has 0 saturated heterocycles. The van der Waals surface area contributed by atoms with Gasteiger partial charge in [0.05, 0.1) is 5.69 Å². The fourth-order valence-electron chi connectivity index (χ4n) is 3.80. The standard InChI is InChI=1S/C26H36F3N3O3S3/c1-32(16-9-4-2-3-5-10-18-33)17-15-21(20-36-22-11-7-6-8-12-22)31-24-14-13-23(37-30)19-25(24)38(34,35)26(27,28)29/h6-8,11-14,18-19,21,31H,2-5,9-10,15-17,20,30H2,1H3. The first-order chi connectivity index (χ1) is 18.1. The second-order valence-electron chi connectivity index (χ2n) is 9.01. The summed E-state index contributed by atoms with van der Waals surface area (Å²) in [4.78, 5) is 13.0. The number of hydrogen-bond acceptors (Lipinski definition) is 8. The summed E-state index contributed by atoms with van der Waals surface area (Å²) < 4.78 is 65.1. The number of aldehydes is 1. The monoisotopic (exact) mass is 591 g/mol. The van der Waals surface area contributed by atoms with Crippen molar-refractivity contribution in [1.29, 1.82) is 0 Å². The van der Waals surface area contributed by atoms with E-state index in [0.29, 0.717) is 37.1 Å². The van der Waals surface area contributed by atoms with E-state index >= 15 is 0 Å². The van der Waals surface area contributed by atoms with Crippen molar-refractivity contribution in [3.05, 3.63) is 48.5 Å². The first-order valence-corrected chi connectivity index (χ1v) is 15.8. The molecule has 212 valence electrons. The first-order valence-electron chi connectivity index (χ1n) is 12.5. The highest BCUT2D eigenvalue weighted by Crippen LogP contribution is 2.37. The zero-order chi connectivity index (χ0) is 28.0. The molecule has 1 atom stereocenters. The van der Waals surface area contributed by atoms with Crippen LogP contribution in [0.15, 0.2) is 63.2 Å². The summed E-state index contributed by atoms with van der Waals surface area (Å²) in [6.45, 7) is 1.57. The van der Waals surface area contributed by atoms with Crippen molar-refractivity contribution in [3.63, 3.8) is 0 Å². The Balaban J connectivity index is 2.11. The number of rotatable bonds is 18. The van der Waals surface area contributed by atoms with Crippen LogP contribution < -0.4 is 10.5 Å². The Labute approximate surface area is 232 Å². The van der Waals surface area contributed by atoms with Crippen LogP contribution in [0.3, 0.4) is 0 Å². The van der Waals surface area contributed by atoms with E-state index in [1.165, 1.54) is 12.1 Å². The number of nitrogens with two attached hydrogens (primary N) is 1. The molecular weight excluding hydrogens is 555 g/mol. The van der Waals surface area contributed by atoms with Gasteiger partial charge >= 0.3 is 5.51 Å². The third kappa shape index (κ3) is 10.8. The van der Waals surface area contributed by atoms with E-state index in [4.69, 9.17) is 5.14 Å². The highest BCUT2D eigenvalue weighted by molar-refractivity contribution is 7.99. The van der Waals surface area contributed by atoms with Crippen LogP contribution >= 0.6 is 23.7 Å². The van der Waals surface area contributed by atoms with E-state index in [9.17, 15) is 26.4 Å². The largest absolute Gasteiger partial charge is 0.501 e. The third-order valence-electron chi connectivity index (χ3n) is 5.96. The highest BCUT2D eigenvalue weighted by atomic mass is 32.2. The van der Waals surface area contributed by atoms with Crippen molar-refractivity contribution in [1.82, 2.24) is 4.90 Å². The molecular formula is C26H36F3N3O3S3. The SMILES string of the molecule is CN(CCCCCCCC=O)CCC(CSc1ccccc1)Nc1ccc(SN)cc1S(=O)(=O)C(F)(F)F. The van der Waals surface area contributed by atoms with Gasteiger partial charge in [-0.15, -0.1) is 11.8 Å². The van der Waals surface area contributed by atoms with E-state index in [1.54, 1.807) is 11.8 Å². The number of unbranched alkanes of at least 4 members (excludes halogenated alkanes) is 5. The lowest BCUT2D eigenvalue weighted by Crippen LogP contribution is -2.31. The van der Waals surface area contributed by atoms with Crippen molar-refractivity contribution in [3.8, 4) is 0 Å². The molecule has 6 nitrogen and oxygen atoms in total. The Hall–Kier alpha value is -1.73. The van der Waals surface area contributed by atoms with Crippen LogP contribution in [-0.2, 0) is 14.6 Å². The smallest absolute Gasteiger partial charge is 0.380 e. The maximum absolute atomic E-state index is 13.4. The number of sulfone groups is 1. The summed E-state index contributed by atoms with van der Waals surface area (Å²) in [5.41, 5.74) is -5.51. The van der Waals surface area contributed by atoms with Crippen molar-refractivity contribution in [2.24, 2.45) is 5.14 Å². The summed E-state index contributed by atoms with van der Waals surface area (Å²) >= 11 is 2.24. The van der Waals surface area contributed by atoms with E-state index < -0.39 is 20.2 Å². The van der Waals surface area contributed by atoms with Gasteiger partial charge in [0.15, 0.2) is 0 Å². The fraction of sp³-hybridized carbons (Fsp3) is 0.500. The van der Waals surface area contributed by atoms with E-state index in [-0.39, 0.29) is 16.6 Å². The number of thioether (sulfide) groups is 1. The van der Waals surface area contributed by atoms with Crippen molar-refractivity contribution < 1.29 is 26.4 Å². The van der Waals surface area contributed by atoms with Gasteiger partial charge in [0.1, 0.15) is 11.2 Å². The maximum atomic E-state index is 13.4. The molecule has 0 radical (unpaired) electrons. The third-order valence-corrected chi connectivity index (χ3v) is 9.19. The normalized spacial score (nSPS) is 13.0. The zero-order valence-electron chi connectivity index (χ0n) is 21.5. The molecule has 0 heterocycles. The predicted octanol–water partition coefficient (Wildman–Crippen LogP) is 6.38. The Bertz CT molecular complexity index is 1090. The van der Waals surface area contributed by atoms with Crippen LogP contribution in [0.5, 0.6) is 0 Å². The van der Waals surface area contributed by atoms with E-state index in [2.05, 4.69) is 10.2 Å². The Morgan fingerprint density at radius 2 is 1.68 bits per heavy atom. The Morgan fingerprint density at radius 3 is 2.34 bits per heavy atom. The lowest BCUT2D eigenvalue weighted by atomic mass is 10.1. The summed E-state index contributed by atoms with van der Waals surface area (Å²) in [6, 6.07) is 13.2. The van der Waals surface area contributed by atoms with Crippen LogP contribution in [0.1, 0.15) is 44.9 Å². The molecule has 0 saturated carbocycles. The molecule has 0 aromatic heterocycles. The van der Waals surface area contributed by atoms with E-state index in [0.717, 1.165) is 55.9 Å². The highest BCUT2D eigenvalue weighted by Gasteiger charge is 2.48. The molecule has 0 aliphatic heterocycles. The molecule has 38 heavy (non-hydrogen) atoms. The quantitative estimate of drug-likeness (QED) is 0.0893. The van der Waals surface area contributed by atoms with Gasteiger partial charge in [-0.05, 0) is 81.7 Å².